The molecule has 0 aliphatic heterocycles. The highest BCUT2D eigenvalue weighted by molar-refractivity contribution is 14.1. The van der Waals surface area contributed by atoms with Crippen LogP contribution in [-0.4, -0.2) is 10.9 Å². The van der Waals surface area contributed by atoms with Crippen LogP contribution in [0.3, 0.4) is 0 Å². The lowest BCUT2D eigenvalue weighted by Gasteiger charge is -2.10. The average Bonchev–Trinajstić information content (AvgIpc) is 2.49. The molecule has 0 aliphatic rings. The number of para-hydroxylation sites is 1. The number of nitrogens with one attached hydrogen (secondary N) is 1. The fraction of sp³-hybridized carbons (Fsp3) is 0.111. The van der Waals surface area contributed by atoms with Crippen molar-refractivity contribution < 1.29 is 4.79 Å². The van der Waals surface area contributed by atoms with Crippen LogP contribution in [0, 0.1) is 17.4 Å². The van der Waals surface area contributed by atoms with Gasteiger partial charge in [-0.1, -0.05) is 23.8 Å². The Balaban J connectivity index is 2.00. The second kappa shape index (κ2) is 6.04. The standard InChI is InChI=1S/C18H15IN2O/c1-11-7-8-16-13(9-11)10-14(12(2)20-16)18(22)21-17-6-4-3-5-15(17)19/h3-10H,1-2H3,(H,21,22). The Labute approximate surface area is 142 Å². The molecule has 0 spiro atoms. The molecule has 0 fully saturated rings. The fourth-order valence-electron chi connectivity index (χ4n) is 2.37. The summed E-state index contributed by atoms with van der Waals surface area (Å²) in [5, 5.41) is 3.94. The van der Waals surface area contributed by atoms with Gasteiger partial charge < -0.3 is 5.32 Å². The number of anilines is 1. The van der Waals surface area contributed by atoms with Crippen LogP contribution in [0.1, 0.15) is 21.6 Å². The van der Waals surface area contributed by atoms with Gasteiger partial charge in [-0.25, -0.2) is 0 Å². The van der Waals surface area contributed by atoms with E-state index in [0.29, 0.717) is 5.56 Å². The first-order valence-electron chi connectivity index (χ1n) is 6.98. The highest BCUT2D eigenvalue weighted by Gasteiger charge is 2.13. The lowest BCUT2D eigenvalue weighted by molar-refractivity contribution is 0.102. The summed E-state index contributed by atoms with van der Waals surface area (Å²) in [5.74, 6) is -0.127. The highest BCUT2D eigenvalue weighted by atomic mass is 127. The molecule has 1 amide bonds. The number of nitrogens with zero attached hydrogens (tertiary/aromatic N) is 1. The number of rotatable bonds is 2. The third-order valence-electron chi connectivity index (χ3n) is 3.53. The van der Waals surface area contributed by atoms with Crippen molar-refractivity contribution in [1.29, 1.82) is 0 Å². The van der Waals surface area contributed by atoms with E-state index >= 15 is 0 Å². The number of amides is 1. The van der Waals surface area contributed by atoms with E-state index in [4.69, 9.17) is 0 Å². The molecule has 3 nitrogen and oxygen atoms in total. The number of carbonyl (C=O) groups excluding carboxylic acids is 1. The first kappa shape index (κ1) is 15.0. The number of hydrogen-bond acceptors (Lipinski definition) is 2. The van der Waals surface area contributed by atoms with Crippen molar-refractivity contribution in [3.05, 3.63) is 68.9 Å². The van der Waals surface area contributed by atoms with Crippen molar-refractivity contribution in [1.82, 2.24) is 4.98 Å². The zero-order valence-electron chi connectivity index (χ0n) is 12.4. The maximum atomic E-state index is 12.6. The summed E-state index contributed by atoms with van der Waals surface area (Å²) < 4.78 is 1.01. The van der Waals surface area contributed by atoms with Crippen LogP contribution in [-0.2, 0) is 0 Å². The summed E-state index contributed by atoms with van der Waals surface area (Å²) in [6, 6.07) is 15.7. The Morgan fingerprint density at radius 1 is 1.09 bits per heavy atom. The van der Waals surface area contributed by atoms with Gasteiger partial charge in [0.25, 0.3) is 5.91 Å². The van der Waals surface area contributed by atoms with Crippen LogP contribution in [0.4, 0.5) is 5.69 Å². The SMILES string of the molecule is Cc1ccc2nc(C)c(C(=O)Nc3ccccc3I)cc2c1. The summed E-state index contributed by atoms with van der Waals surface area (Å²) in [5.41, 5.74) is 4.23. The van der Waals surface area contributed by atoms with E-state index in [9.17, 15) is 4.79 Å². The molecule has 2 aromatic carbocycles. The normalized spacial score (nSPS) is 10.7. The number of halogens is 1. The third kappa shape index (κ3) is 2.97. The van der Waals surface area contributed by atoms with Gasteiger partial charge in [0.1, 0.15) is 0 Å². The first-order valence-corrected chi connectivity index (χ1v) is 8.06. The average molecular weight is 402 g/mol. The van der Waals surface area contributed by atoms with Crippen molar-refractivity contribution in [3.8, 4) is 0 Å². The zero-order chi connectivity index (χ0) is 15.7. The van der Waals surface area contributed by atoms with Crippen LogP contribution in [0.2, 0.25) is 0 Å². The molecule has 3 aromatic rings. The minimum Gasteiger partial charge on any atom is -0.321 e. The molecule has 0 bridgehead atoms. The topological polar surface area (TPSA) is 42.0 Å². The largest absolute Gasteiger partial charge is 0.321 e. The van der Waals surface area contributed by atoms with E-state index in [2.05, 4.69) is 32.9 Å². The van der Waals surface area contributed by atoms with Gasteiger partial charge in [-0.15, -0.1) is 0 Å². The van der Waals surface area contributed by atoms with Gasteiger partial charge in [0, 0.05) is 8.96 Å². The second-order valence-electron chi connectivity index (χ2n) is 5.25. The maximum absolute atomic E-state index is 12.6. The third-order valence-corrected chi connectivity index (χ3v) is 4.47. The van der Waals surface area contributed by atoms with E-state index in [1.54, 1.807) is 0 Å². The van der Waals surface area contributed by atoms with E-state index < -0.39 is 0 Å². The molecular formula is C18H15IN2O. The van der Waals surface area contributed by atoms with Gasteiger partial charge in [-0.05, 0) is 66.8 Å². The molecular weight excluding hydrogens is 387 g/mol. The molecule has 0 saturated heterocycles. The summed E-state index contributed by atoms with van der Waals surface area (Å²) in [6.45, 7) is 3.90. The summed E-state index contributed by atoms with van der Waals surface area (Å²) in [4.78, 5) is 17.1. The van der Waals surface area contributed by atoms with Crippen molar-refractivity contribution in [2.75, 3.05) is 5.32 Å². The predicted octanol–water partition coefficient (Wildman–Crippen LogP) is 4.71. The van der Waals surface area contributed by atoms with Gasteiger partial charge in [0.05, 0.1) is 22.5 Å². The Morgan fingerprint density at radius 3 is 2.64 bits per heavy atom. The number of benzene rings is 2. The van der Waals surface area contributed by atoms with Crippen LogP contribution in [0.5, 0.6) is 0 Å². The number of pyridine rings is 1. The molecule has 3 rings (SSSR count). The molecule has 0 aliphatic carbocycles. The van der Waals surface area contributed by atoms with Crippen LogP contribution in [0.15, 0.2) is 48.5 Å². The number of hydrogen-bond donors (Lipinski definition) is 1. The molecule has 0 atom stereocenters. The fourth-order valence-corrected chi connectivity index (χ4v) is 2.90. The molecule has 0 unspecified atom stereocenters. The quantitative estimate of drug-likeness (QED) is 0.631. The molecule has 0 radical (unpaired) electrons. The van der Waals surface area contributed by atoms with Crippen LogP contribution >= 0.6 is 22.6 Å². The van der Waals surface area contributed by atoms with E-state index in [0.717, 1.165) is 31.4 Å². The molecule has 110 valence electrons. The predicted molar refractivity (Wildman–Crippen MR) is 98.3 cm³/mol. The molecule has 1 heterocycles. The molecule has 22 heavy (non-hydrogen) atoms. The highest BCUT2D eigenvalue weighted by Crippen LogP contribution is 2.21. The second-order valence-corrected chi connectivity index (χ2v) is 6.41. The number of carbonyl (C=O) groups is 1. The Bertz CT molecular complexity index is 874. The van der Waals surface area contributed by atoms with Crippen LogP contribution in [0.25, 0.3) is 10.9 Å². The maximum Gasteiger partial charge on any atom is 0.257 e. The molecule has 1 aromatic heterocycles. The first-order chi connectivity index (χ1) is 10.5. The monoisotopic (exact) mass is 402 g/mol. The summed E-state index contributed by atoms with van der Waals surface area (Å²) >= 11 is 2.21. The van der Waals surface area contributed by atoms with Gasteiger partial charge in [-0.2, -0.15) is 0 Å². The van der Waals surface area contributed by atoms with E-state index in [-0.39, 0.29) is 5.91 Å². The number of fused-ring (bicyclic) bond motifs is 1. The van der Waals surface area contributed by atoms with Crippen molar-refractivity contribution in [3.63, 3.8) is 0 Å². The Morgan fingerprint density at radius 2 is 1.86 bits per heavy atom. The smallest absolute Gasteiger partial charge is 0.257 e. The minimum absolute atomic E-state index is 0.127. The van der Waals surface area contributed by atoms with Gasteiger partial charge in [0.2, 0.25) is 0 Å². The number of aryl methyl sites for hydroxylation is 2. The van der Waals surface area contributed by atoms with Crippen molar-refractivity contribution in [2.24, 2.45) is 0 Å². The van der Waals surface area contributed by atoms with Gasteiger partial charge >= 0.3 is 0 Å². The Hall–Kier alpha value is -1.95. The number of aromatic nitrogens is 1. The van der Waals surface area contributed by atoms with Crippen molar-refractivity contribution >= 4 is 45.1 Å². The van der Waals surface area contributed by atoms with Crippen molar-refractivity contribution in [2.45, 2.75) is 13.8 Å². The van der Waals surface area contributed by atoms with Gasteiger partial charge in [0.15, 0.2) is 0 Å². The molecule has 4 heteroatoms. The van der Waals surface area contributed by atoms with E-state index in [1.807, 2.05) is 62.4 Å². The zero-order valence-corrected chi connectivity index (χ0v) is 14.5. The lowest BCUT2D eigenvalue weighted by Crippen LogP contribution is -2.15. The minimum atomic E-state index is -0.127. The molecule has 1 N–H and O–H groups in total. The van der Waals surface area contributed by atoms with Crippen LogP contribution < -0.4 is 5.32 Å². The molecule has 0 saturated carbocycles. The van der Waals surface area contributed by atoms with Gasteiger partial charge in [-0.3, -0.25) is 9.78 Å². The summed E-state index contributed by atoms with van der Waals surface area (Å²) in [7, 11) is 0. The summed E-state index contributed by atoms with van der Waals surface area (Å²) in [6.07, 6.45) is 0. The lowest BCUT2D eigenvalue weighted by atomic mass is 10.1. The van der Waals surface area contributed by atoms with E-state index in [1.165, 1.54) is 0 Å². The Kier molecular flexibility index (Phi) is 4.11.